The topological polar surface area (TPSA) is 55.6 Å². The van der Waals surface area contributed by atoms with Gasteiger partial charge in [-0.15, -0.1) is 10.2 Å². The van der Waals surface area contributed by atoms with Gasteiger partial charge in [0.05, 0.1) is 0 Å². The van der Waals surface area contributed by atoms with Gasteiger partial charge >= 0.3 is 0 Å². The summed E-state index contributed by atoms with van der Waals surface area (Å²) in [7, 11) is 1.94. The van der Waals surface area contributed by atoms with Gasteiger partial charge < -0.3 is 9.88 Å². The molecule has 0 aliphatic heterocycles. The lowest BCUT2D eigenvalue weighted by Gasteiger charge is -2.02. The number of nitrogens with one attached hydrogen (secondary N) is 1. The predicted molar refractivity (Wildman–Crippen MR) is 83.6 cm³/mol. The zero-order valence-electron chi connectivity index (χ0n) is 10.7. The Labute approximate surface area is 128 Å². The van der Waals surface area contributed by atoms with E-state index in [4.69, 9.17) is 0 Å². The van der Waals surface area contributed by atoms with Gasteiger partial charge in [-0.3, -0.25) is 0 Å². The molecule has 2 heterocycles. The molecule has 0 atom stereocenters. The molecule has 102 valence electrons. The van der Waals surface area contributed by atoms with Crippen molar-refractivity contribution in [2.24, 2.45) is 7.05 Å². The molecular formula is C13H12BrN5S. The number of aryl methyl sites for hydroxylation is 1. The van der Waals surface area contributed by atoms with Crippen LogP contribution in [0, 0.1) is 0 Å². The molecule has 0 amide bonds. The molecule has 3 rings (SSSR count). The molecule has 7 heteroatoms. The van der Waals surface area contributed by atoms with Crippen molar-refractivity contribution in [3.05, 3.63) is 46.7 Å². The van der Waals surface area contributed by atoms with Crippen LogP contribution in [0.25, 0.3) is 10.8 Å². The summed E-state index contributed by atoms with van der Waals surface area (Å²) in [6, 6.07) is 8.18. The molecule has 5 nitrogen and oxygen atoms in total. The summed E-state index contributed by atoms with van der Waals surface area (Å²) < 4.78 is 3.01. The third-order valence-corrected chi connectivity index (χ3v) is 4.20. The van der Waals surface area contributed by atoms with E-state index >= 15 is 0 Å². The lowest BCUT2D eigenvalue weighted by atomic mass is 10.2. The Hall–Kier alpha value is -1.73. The van der Waals surface area contributed by atoms with Gasteiger partial charge in [0.15, 0.2) is 10.8 Å². The highest BCUT2D eigenvalue weighted by atomic mass is 79.9. The van der Waals surface area contributed by atoms with E-state index < -0.39 is 0 Å². The summed E-state index contributed by atoms with van der Waals surface area (Å²) in [6.07, 6.45) is 3.65. The highest BCUT2D eigenvalue weighted by molar-refractivity contribution is 9.10. The SMILES string of the molecule is Cn1ccnc1-c1nnc(NCc2ccc(Br)cc2)s1. The molecule has 0 saturated heterocycles. The van der Waals surface area contributed by atoms with E-state index in [2.05, 4.69) is 48.6 Å². The molecule has 20 heavy (non-hydrogen) atoms. The van der Waals surface area contributed by atoms with E-state index in [1.54, 1.807) is 6.20 Å². The molecule has 0 aliphatic carbocycles. The molecule has 0 saturated carbocycles. The second-order valence-electron chi connectivity index (χ2n) is 4.25. The molecule has 0 aliphatic rings. The number of hydrogen-bond acceptors (Lipinski definition) is 5. The van der Waals surface area contributed by atoms with E-state index in [1.807, 2.05) is 29.9 Å². The van der Waals surface area contributed by atoms with Gasteiger partial charge in [-0.25, -0.2) is 4.98 Å². The molecule has 3 aromatic rings. The van der Waals surface area contributed by atoms with Crippen LogP contribution in [0.3, 0.4) is 0 Å². The lowest BCUT2D eigenvalue weighted by Crippen LogP contribution is -1.98. The first-order chi connectivity index (χ1) is 9.72. The van der Waals surface area contributed by atoms with Crippen LogP contribution in [-0.2, 0) is 13.6 Å². The van der Waals surface area contributed by atoms with Crippen molar-refractivity contribution in [3.63, 3.8) is 0 Å². The second kappa shape index (κ2) is 5.72. The van der Waals surface area contributed by atoms with Crippen molar-refractivity contribution in [2.75, 3.05) is 5.32 Å². The van der Waals surface area contributed by atoms with Crippen LogP contribution in [-0.4, -0.2) is 19.7 Å². The first-order valence-corrected chi connectivity index (χ1v) is 7.63. The summed E-state index contributed by atoms with van der Waals surface area (Å²) in [5.41, 5.74) is 1.20. The van der Waals surface area contributed by atoms with Crippen molar-refractivity contribution in [1.82, 2.24) is 19.7 Å². The summed E-state index contributed by atoms with van der Waals surface area (Å²) in [5, 5.41) is 13.2. The van der Waals surface area contributed by atoms with Gasteiger partial charge in [0.2, 0.25) is 5.13 Å². The minimum Gasteiger partial charge on any atom is -0.356 e. The fourth-order valence-electron chi connectivity index (χ4n) is 1.74. The Morgan fingerprint density at radius 2 is 2.05 bits per heavy atom. The highest BCUT2D eigenvalue weighted by Crippen LogP contribution is 2.24. The molecule has 1 aromatic carbocycles. The number of imidazole rings is 1. The summed E-state index contributed by atoms with van der Waals surface area (Å²) in [5.74, 6) is 0.833. The lowest BCUT2D eigenvalue weighted by molar-refractivity contribution is 0.915. The molecule has 0 radical (unpaired) electrons. The summed E-state index contributed by atoms with van der Waals surface area (Å²) in [4.78, 5) is 4.27. The summed E-state index contributed by atoms with van der Waals surface area (Å²) >= 11 is 4.92. The quantitative estimate of drug-likeness (QED) is 0.784. The average molecular weight is 350 g/mol. The van der Waals surface area contributed by atoms with Crippen LogP contribution >= 0.6 is 27.3 Å². The Bertz CT molecular complexity index is 704. The zero-order valence-corrected chi connectivity index (χ0v) is 13.1. The van der Waals surface area contributed by atoms with Crippen LogP contribution < -0.4 is 5.32 Å². The van der Waals surface area contributed by atoms with Crippen molar-refractivity contribution in [3.8, 4) is 10.8 Å². The smallest absolute Gasteiger partial charge is 0.206 e. The number of benzene rings is 1. The van der Waals surface area contributed by atoms with Gasteiger partial charge in [-0.2, -0.15) is 0 Å². The Kier molecular flexibility index (Phi) is 3.79. The van der Waals surface area contributed by atoms with Gasteiger partial charge in [-0.05, 0) is 17.7 Å². The fourth-order valence-corrected chi connectivity index (χ4v) is 2.78. The van der Waals surface area contributed by atoms with Crippen LogP contribution in [0.2, 0.25) is 0 Å². The van der Waals surface area contributed by atoms with E-state index in [1.165, 1.54) is 16.9 Å². The third-order valence-electron chi connectivity index (χ3n) is 2.79. The Morgan fingerprint density at radius 1 is 1.25 bits per heavy atom. The predicted octanol–water partition coefficient (Wildman–Crippen LogP) is 3.31. The maximum absolute atomic E-state index is 4.27. The summed E-state index contributed by atoms with van der Waals surface area (Å²) in [6.45, 7) is 0.725. The van der Waals surface area contributed by atoms with Gasteiger partial charge in [0, 0.05) is 30.5 Å². The number of halogens is 1. The number of hydrogen-bond donors (Lipinski definition) is 1. The maximum Gasteiger partial charge on any atom is 0.206 e. The van der Waals surface area contributed by atoms with Crippen LogP contribution in [0.4, 0.5) is 5.13 Å². The van der Waals surface area contributed by atoms with Gasteiger partial charge in [0.1, 0.15) is 0 Å². The maximum atomic E-state index is 4.27. The van der Waals surface area contributed by atoms with E-state index in [0.29, 0.717) is 0 Å². The van der Waals surface area contributed by atoms with E-state index in [9.17, 15) is 0 Å². The van der Waals surface area contributed by atoms with E-state index in [-0.39, 0.29) is 0 Å². The molecule has 0 fully saturated rings. The molecular weight excluding hydrogens is 338 g/mol. The van der Waals surface area contributed by atoms with Gasteiger partial charge in [0.25, 0.3) is 0 Å². The first kappa shape index (κ1) is 13.3. The number of aromatic nitrogens is 4. The third kappa shape index (κ3) is 2.88. The van der Waals surface area contributed by atoms with Crippen LogP contribution in [0.5, 0.6) is 0 Å². The van der Waals surface area contributed by atoms with Gasteiger partial charge in [-0.1, -0.05) is 39.4 Å². The van der Waals surface area contributed by atoms with Crippen molar-refractivity contribution in [1.29, 1.82) is 0 Å². The molecule has 0 bridgehead atoms. The first-order valence-electron chi connectivity index (χ1n) is 6.02. The Morgan fingerprint density at radius 3 is 2.75 bits per heavy atom. The van der Waals surface area contributed by atoms with Crippen molar-refractivity contribution < 1.29 is 0 Å². The molecule has 1 N–H and O–H groups in total. The normalized spacial score (nSPS) is 10.7. The fraction of sp³-hybridized carbons (Fsp3) is 0.154. The van der Waals surface area contributed by atoms with Crippen molar-refractivity contribution in [2.45, 2.75) is 6.54 Å². The largest absolute Gasteiger partial charge is 0.356 e. The molecule has 0 unspecified atom stereocenters. The average Bonchev–Trinajstić information content (AvgIpc) is 3.06. The second-order valence-corrected chi connectivity index (χ2v) is 6.15. The molecule has 2 aromatic heterocycles. The van der Waals surface area contributed by atoms with Crippen LogP contribution in [0.1, 0.15) is 5.56 Å². The minimum atomic E-state index is 0.725. The number of nitrogens with zero attached hydrogens (tertiary/aromatic N) is 4. The van der Waals surface area contributed by atoms with Crippen LogP contribution in [0.15, 0.2) is 41.1 Å². The Balaban J connectivity index is 1.69. The zero-order chi connectivity index (χ0) is 13.9. The van der Waals surface area contributed by atoms with E-state index in [0.717, 1.165) is 27.0 Å². The number of rotatable bonds is 4. The van der Waals surface area contributed by atoms with Crippen molar-refractivity contribution >= 4 is 32.4 Å². The number of anilines is 1. The highest BCUT2D eigenvalue weighted by Gasteiger charge is 2.10. The standard InChI is InChI=1S/C13H12BrN5S/c1-19-7-6-15-11(19)12-17-18-13(20-12)16-8-9-2-4-10(14)5-3-9/h2-7H,8H2,1H3,(H,16,18). The molecule has 0 spiro atoms. The monoisotopic (exact) mass is 349 g/mol. The minimum absolute atomic E-state index is 0.725.